The number of amides is 1. The van der Waals surface area contributed by atoms with Gasteiger partial charge in [-0.25, -0.2) is 0 Å². The van der Waals surface area contributed by atoms with Crippen LogP contribution in [0.2, 0.25) is 0 Å². The van der Waals surface area contributed by atoms with Crippen LogP contribution < -0.4 is 0 Å². The van der Waals surface area contributed by atoms with E-state index in [1.807, 2.05) is 41.3 Å². The smallest absolute Gasteiger partial charge is 0.250 e. The first kappa shape index (κ1) is 14.8. The quantitative estimate of drug-likeness (QED) is 0.789. The van der Waals surface area contributed by atoms with Gasteiger partial charge < -0.3 is 9.80 Å². The third-order valence-electron chi connectivity index (χ3n) is 3.78. The predicted octanol–water partition coefficient (Wildman–Crippen LogP) is 2.50. The van der Waals surface area contributed by atoms with Crippen LogP contribution in [0.15, 0.2) is 35.9 Å². The Morgan fingerprint density at radius 3 is 2.25 bits per heavy atom. The van der Waals surface area contributed by atoms with Crippen molar-refractivity contribution in [2.45, 2.75) is 13.8 Å². The molecular weight excluding hydrogens is 248 g/mol. The molecule has 2 rings (SSSR count). The Bertz CT molecular complexity index is 471. The summed E-state index contributed by atoms with van der Waals surface area (Å²) in [5, 5.41) is 0. The van der Waals surface area contributed by atoms with Gasteiger partial charge in [-0.1, -0.05) is 44.2 Å². The molecule has 1 aliphatic heterocycles. The van der Waals surface area contributed by atoms with Crippen molar-refractivity contribution in [1.82, 2.24) is 9.80 Å². The number of hydrogen-bond acceptors (Lipinski definition) is 2. The van der Waals surface area contributed by atoms with Crippen LogP contribution in [0.25, 0.3) is 6.08 Å². The van der Waals surface area contributed by atoms with E-state index in [4.69, 9.17) is 0 Å². The standard InChI is InChI=1S/C17H24N2O/c1-14(2)16(13-15-7-5-4-6-8-15)17(20)19-11-9-18(3)10-12-19/h4-8,13-14H,9-12H2,1-3H3/b16-13-. The highest BCUT2D eigenvalue weighted by atomic mass is 16.2. The Balaban J connectivity index is 2.16. The van der Waals surface area contributed by atoms with Gasteiger partial charge in [-0.3, -0.25) is 4.79 Å². The largest absolute Gasteiger partial charge is 0.336 e. The van der Waals surface area contributed by atoms with Crippen LogP contribution in [0.4, 0.5) is 0 Å². The van der Waals surface area contributed by atoms with Gasteiger partial charge in [-0.15, -0.1) is 0 Å². The van der Waals surface area contributed by atoms with E-state index in [1.165, 1.54) is 0 Å². The molecule has 1 saturated heterocycles. The summed E-state index contributed by atoms with van der Waals surface area (Å²) in [5.74, 6) is 0.430. The van der Waals surface area contributed by atoms with E-state index >= 15 is 0 Å². The van der Waals surface area contributed by atoms with E-state index in [0.717, 1.165) is 37.3 Å². The lowest BCUT2D eigenvalue weighted by atomic mass is 9.98. The lowest BCUT2D eigenvalue weighted by Crippen LogP contribution is -2.47. The molecule has 0 atom stereocenters. The Labute approximate surface area is 121 Å². The van der Waals surface area contributed by atoms with Gasteiger partial charge in [-0.2, -0.15) is 0 Å². The highest BCUT2D eigenvalue weighted by Crippen LogP contribution is 2.18. The molecule has 0 spiro atoms. The lowest BCUT2D eigenvalue weighted by molar-refractivity contribution is -0.129. The summed E-state index contributed by atoms with van der Waals surface area (Å²) in [6.07, 6.45) is 2.03. The summed E-state index contributed by atoms with van der Waals surface area (Å²) in [7, 11) is 2.10. The van der Waals surface area contributed by atoms with E-state index in [-0.39, 0.29) is 11.8 Å². The van der Waals surface area contributed by atoms with E-state index in [1.54, 1.807) is 0 Å². The number of carbonyl (C=O) groups excluding carboxylic acids is 1. The maximum atomic E-state index is 12.7. The van der Waals surface area contributed by atoms with Crippen molar-refractivity contribution in [1.29, 1.82) is 0 Å². The molecule has 1 aromatic rings. The summed E-state index contributed by atoms with van der Waals surface area (Å²) in [5.41, 5.74) is 2.00. The molecule has 108 valence electrons. The van der Waals surface area contributed by atoms with Gasteiger partial charge in [0, 0.05) is 31.8 Å². The van der Waals surface area contributed by atoms with Crippen molar-refractivity contribution < 1.29 is 4.79 Å². The lowest BCUT2D eigenvalue weighted by Gasteiger charge is -2.33. The van der Waals surface area contributed by atoms with E-state index in [9.17, 15) is 4.79 Å². The normalized spacial score (nSPS) is 17.6. The van der Waals surface area contributed by atoms with E-state index in [2.05, 4.69) is 25.8 Å². The van der Waals surface area contributed by atoms with Crippen LogP contribution in [0.5, 0.6) is 0 Å². The molecule has 0 unspecified atom stereocenters. The van der Waals surface area contributed by atoms with Gasteiger partial charge in [0.1, 0.15) is 0 Å². The first-order valence-corrected chi connectivity index (χ1v) is 7.32. The summed E-state index contributed by atoms with van der Waals surface area (Å²) in [6, 6.07) is 10.1. The molecule has 1 fully saturated rings. The van der Waals surface area contributed by atoms with Gasteiger partial charge >= 0.3 is 0 Å². The highest BCUT2D eigenvalue weighted by molar-refractivity contribution is 5.98. The zero-order valence-corrected chi connectivity index (χ0v) is 12.7. The van der Waals surface area contributed by atoms with Crippen LogP contribution in [-0.2, 0) is 4.79 Å². The Morgan fingerprint density at radius 2 is 1.70 bits per heavy atom. The van der Waals surface area contributed by atoms with Gasteiger partial charge in [0.25, 0.3) is 0 Å². The average Bonchev–Trinajstić information content (AvgIpc) is 2.45. The fraction of sp³-hybridized carbons (Fsp3) is 0.471. The van der Waals surface area contributed by atoms with Gasteiger partial charge in [0.05, 0.1) is 0 Å². The minimum absolute atomic E-state index is 0.192. The molecule has 1 aromatic carbocycles. The van der Waals surface area contributed by atoms with Crippen LogP contribution in [0.3, 0.4) is 0 Å². The van der Waals surface area contributed by atoms with Crippen LogP contribution >= 0.6 is 0 Å². The van der Waals surface area contributed by atoms with Gasteiger partial charge in [-0.05, 0) is 24.6 Å². The number of carbonyl (C=O) groups is 1. The van der Waals surface area contributed by atoms with Crippen molar-refractivity contribution >= 4 is 12.0 Å². The second kappa shape index (κ2) is 6.71. The first-order chi connectivity index (χ1) is 9.58. The summed E-state index contributed by atoms with van der Waals surface area (Å²) < 4.78 is 0. The third kappa shape index (κ3) is 3.70. The van der Waals surface area contributed by atoms with E-state index in [0.29, 0.717) is 0 Å². The highest BCUT2D eigenvalue weighted by Gasteiger charge is 2.23. The molecule has 0 bridgehead atoms. The summed E-state index contributed by atoms with van der Waals surface area (Å²) in [4.78, 5) is 16.9. The second-order valence-electron chi connectivity index (χ2n) is 5.76. The minimum Gasteiger partial charge on any atom is -0.336 e. The monoisotopic (exact) mass is 272 g/mol. The maximum Gasteiger partial charge on any atom is 0.250 e. The average molecular weight is 272 g/mol. The zero-order valence-electron chi connectivity index (χ0n) is 12.7. The molecule has 1 aliphatic rings. The SMILES string of the molecule is CC(C)/C(=C/c1ccccc1)C(=O)N1CCN(C)CC1. The van der Waals surface area contributed by atoms with Crippen molar-refractivity contribution in [2.75, 3.05) is 33.2 Å². The molecule has 1 amide bonds. The molecule has 1 heterocycles. The van der Waals surface area contributed by atoms with Gasteiger partial charge in [0.2, 0.25) is 5.91 Å². The molecule has 0 N–H and O–H groups in total. The van der Waals surface area contributed by atoms with Crippen molar-refractivity contribution in [2.24, 2.45) is 5.92 Å². The molecule has 0 aliphatic carbocycles. The molecule has 0 aromatic heterocycles. The van der Waals surface area contributed by atoms with Crippen molar-refractivity contribution in [3.05, 3.63) is 41.5 Å². The number of likely N-dealkylation sites (N-methyl/N-ethyl adjacent to an activating group) is 1. The van der Waals surface area contributed by atoms with Crippen molar-refractivity contribution in [3.8, 4) is 0 Å². The topological polar surface area (TPSA) is 23.6 Å². The number of rotatable bonds is 3. The van der Waals surface area contributed by atoms with Crippen LogP contribution in [-0.4, -0.2) is 48.9 Å². The van der Waals surface area contributed by atoms with Gasteiger partial charge in [0.15, 0.2) is 0 Å². The molecule has 3 heteroatoms. The number of nitrogens with zero attached hydrogens (tertiary/aromatic N) is 2. The summed E-state index contributed by atoms with van der Waals surface area (Å²) in [6.45, 7) is 7.75. The molecule has 3 nitrogen and oxygen atoms in total. The second-order valence-corrected chi connectivity index (χ2v) is 5.76. The number of piperazine rings is 1. The third-order valence-corrected chi connectivity index (χ3v) is 3.78. The minimum atomic E-state index is 0.192. The van der Waals surface area contributed by atoms with E-state index < -0.39 is 0 Å². The Kier molecular flexibility index (Phi) is 4.96. The fourth-order valence-electron chi connectivity index (χ4n) is 2.40. The zero-order chi connectivity index (χ0) is 14.5. The molecule has 0 radical (unpaired) electrons. The molecule has 20 heavy (non-hydrogen) atoms. The molecule has 0 saturated carbocycles. The van der Waals surface area contributed by atoms with Crippen molar-refractivity contribution in [3.63, 3.8) is 0 Å². The summed E-state index contributed by atoms with van der Waals surface area (Å²) >= 11 is 0. The number of benzene rings is 1. The van der Waals surface area contributed by atoms with Crippen LogP contribution in [0.1, 0.15) is 19.4 Å². The fourth-order valence-corrected chi connectivity index (χ4v) is 2.40. The predicted molar refractivity (Wildman–Crippen MR) is 83.3 cm³/mol. The van der Waals surface area contributed by atoms with Crippen LogP contribution in [0, 0.1) is 5.92 Å². The Morgan fingerprint density at radius 1 is 1.10 bits per heavy atom. The number of hydrogen-bond donors (Lipinski definition) is 0. The Hall–Kier alpha value is -1.61. The molecular formula is C17H24N2O. The first-order valence-electron chi connectivity index (χ1n) is 7.32. The maximum absolute atomic E-state index is 12.7.